The zero-order valence-corrected chi connectivity index (χ0v) is 39.3. The largest absolute Gasteiger partial charge is 0.313 e. The molecule has 4 heteroatoms. The lowest BCUT2D eigenvalue weighted by molar-refractivity contribution is 0.684. The minimum absolute atomic E-state index is 0.380. The Morgan fingerprint density at radius 1 is 0.676 bits per heavy atom. The third-order valence-corrected chi connectivity index (χ3v) is 16.5. The number of hydrogen-bond acceptors (Lipinski definition) is 2. The van der Waals surface area contributed by atoms with Gasteiger partial charge in [-0.1, -0.05) is 188 Å². The van der Waals surface area contributed by atoms with Gasteiger partial charge in [0.15, 0.2) is 5.84 Å². The molecule has 1 aromatic heterocycles. The van der Waals surface area contributed by atoms with Gasteiger partial charge in [-0.3, -0.25) is 0 Å². The standard InChI is InChI=1S/C64H49N3S/c1-39-30-35-57(52-38-50(39)52)67-58-28-17-24-47(42(4)66-63(44-21-10-6-11-22-44)65-41(3)43-19-8-5-9-20-43)61(58)49-33-31-46(37-59(49)67)45-32-34-54-51(36-45)48-23-12-7-13-25-53(48)64(54)55-26-14-15-29-60(55)68-62-40(2)18-16-27-56(62)64/h5-24,26-37,50,52H,4,25,38H2,1-3H3. The van der Waals surface area contributed by atoms with Crippen molar-refractivity contribution in [1.29, 1.82) is 0 Å². The molecule has 0 amide bonds. The van der Waals surface area contributed by atoms with Crippen molar-refractivity contribution >= 4 is 62.1 Å². The van der Waals surface area contributed by atoms with E-state index in [4.69, 9.17) is 9.98 Å². The molecule has 0 saturated heterocycles. The van der Waals surface area contributed by atoms with Gasteiger partial charge in [0, 0.05) is 49.0 Å². The number of benzene rings is 7. The zero-order chi connectivity index (χ0) is 45.7. The van der Waals surface area contributed by atoms with Crippen LogP contribution in [0.3, 0.4) is 0 Å². The average Bonchev–Trinajstić information content (AvgIpc) is 4.13. The molecular formula is C64H49N3S. The highest BCUT2D eigenvalue weighted by molar-refractivity contribution is 7.99. The van der Waals surface area contributed by atoms with Crippen LogP contribution >= 0.6 is 11.8 Å². The minimum atomic E-state index is -0.380. The first-order valence-corrected chi connectivity index (χ1v) is 24.7. The Labute approximate surface area is 402 Å². The van der Waals surface area contributed by atoms with Crippen LogP contribution in [0.4, 0.5) is 0 Å². The van der Waals surface area contributed by atoms with E-state index in [9.17, 15) is 0 Å². The molecule has 4 aliphatic carbocycles. The molecule has 326 valence electrons. The molecule has 1 saturated carbocycles. The Bertz CT molecular complexity index is 3700. The fraction of sp³-hybridized carbons (Fsp3) is 0.125. The molecule has 1 fully saturated rings. The number of hydrogen-bond donors (Lipinski definition) is 0. The Morgan fingerprint density at radius 3 is 2.28 bits per heavy atom. The van der Waals surface area contributed by atoms with Gasteiger partial charge in [0.1, 0.15) is 0 Å². The Morgan fingerprint density at radius 2 is 1.43 bits per heavy atom. The van der Waals surface area contributed by atoms with Gasteiger partial charge in [-0.05, 0) is 126 Å². The molecule has 13 rings (SSSR count). The van der Waals surface area contributed by atoms with Gasteiger partial charge >= 0.3 is 0 Å². The molecule has 5 aliphatic rings. The Kier molecular flexibility index (Phi) is 9.46. The van der Waals surface area contributed by atoms with E-state index in [0.717, 1.165) is 34.2 Å². The van der Waals surface area contributed by atoms with E-state index in [2.05, 4.69) is 190 Å². The van der Waals surface area contributed by atoms with E-state index >= 15 is 0 Å². The third kappa shape index (κ3) is 6.20. The Balaban J connectivity index is 0.997. The second kappa shape index (κ2) is 15.8. The molecule has 0 N–H and O–H groups in total. The van der Waals surface area contributed by atoms with Gasteiger partial charge in [0.05, 0.1) is 22.1 Å². The number of allylic oxidation sites excluding steroid dienone is 10. The lowest BCUT2D eigenvalue weighted by Gasteiger charge is -2.41. The topological polar surface area (TPSA) is 29.6 Å². The van der Waals surface area contributed by atoms with Crippen molar-refractivity contribution in [2.24, 2.45) is 21.8 Å². The summed E-state index contributed by atoms with van der Waals surface area (Å²) >= 11 is 1.93. The van der Waals surface area contributed by atoms with Crippen molar-refractivity contribution in [3.05, 3.63) is 256 Å². The quantitative estimate of drug-likeness (QED) is 0.121. The van der Waals surface area contributed by atoms with E-state index in [1.807, 2.05) is 48.2 Å². The minimum Gasteiger partial charge on any atom is -0.313 e. The number of amidine groups is 1. The molecule has 1 aliphatic heterocycles. The molecular weight excluding hydrogens is 843 g/mol. The van der Waals surface area contributed by atoms with Crippen LogP contribution in [-0.2, 0) is 5.41 Å². The normalized spacial score (nSPS) is 20.1. The van der Waals surface area contributed by atoms with Gasteiger partial charge in [-0.25, -0.2) is 9.98 Å². The van der Waals surface area contributed by atoms with Crippen molar-refractivity contribution in [2.75, 3.05) is 0 Å². The highest BCUT2D eigenvalue weighted by atomic mass is 32.2. The summed E-state index contributed by atoms with van der Waals surface area (Å²) in [7, 11) is 0. The highest BCUT2D eigenvalue weighted by Crippen LogP contribution is 2.63. The first kappa shape index (κ1) is 40.7. The molecule has 3 nitrogen and oxygen atoms in total. The van der Waals surface area contributed by atoms with Crippen molar-refractivity contribution in [3.8, 4) is 11.1 Å². The van der Waals surface area contributed by atoms with Crippen LogP contribution in [0.1, 0.15) is 71.2 Å². The summed E-state index contributed by atoms with van der Waals surface area (Å²) in [6.45, 7) is 11.3. The summed E-state index contributed by atoms with van der Waals surface area (Å²) in [5, 5.41) is 2.35. The molecule has 3 atom stereocenters. The van der Waals surface area contributed by atoms with Crippen LogP contribution in [0.5, 0.6) is 0 Å². The van der Waals surface area contributed by atoms with Crippen molar-refractivity contribution < 1.29 is 0 Å². The number of rotatable bonds is 6. The van der Waals surface area contributed by atoms with Gasteiger partial charge < -0.3 is 4.57 Å². The van der Waals surface area contributed by atoms with E-state index in [1.165, 1.54) is 94.0 Å². The van der Waals surface area contributed by atoms with Gasteiger partial charge in [0.25, 0.3) is 0 Å². The maximum atomic E-state index is 5.29. The van der Waals surface area contributed by atoms with Gasteiger partial charge in [-0.2, -0.15) is 0 Å². The van der Waals surface area contributed by atoms with Crippen LogP contribution in [-0.4, -0.2) is 16.1 Å². The summed E-state index contributed by atoms with van der Waals surface area (Å²) in [5.41, 5.74) is 21.5. The zero-order valence-electron chi connectivity index (χ0n) is 38.5. The van der Waals surface area contributed by atoms with E-state index < -0.39 is 0 Å². The van der Waals surface area contributed by atoms with Crippen LogP contribution in [0.25, 0.3) is 49.9 Å². The maximum Gasteiger partial charge on any atom is 0.160 e. The van der Waals surface area contributed by atoms with Crippen LogP contribution in [0.15, 0.2) is 232 Å². The summed E-state index contributed by atoms with van der Waals surface area (Å²) < 4.78 is 2.55. The molecule has 1 spiro atoms. The number of aliphatic imine (C=N–C) groups is 2. The summed E-state index contributed by atoms with van der Waals surface area (Å²) in [5.74, 6) is 1.73. The fourth-order valence-corrected chi connectivity index (χ4v) is 13.1. The molecule has 7 aromatic carbocycles. The number of nitrogens with zero attached hydrogens (tertiary/aromatic N) is 3. The first-order valence-electron chi connectivity index (χ1n) is 23.9. The SMILES string of the molecule is C=C(N=C(N=C(C)c1ccccc1)c1ccccc1)c1cccc2c1c1ccc(-c3ccc4c(c3)C3=C(CC=CC=C3)C43c4ccccc4Sc4c(C)cccc43)cc1n2C1=CC=C(C)C2CC12. The van der Waals surface area contributed by atoms with Crippen molar-refractivity contribution in [3.63, 3.8) is 0 Å². The van der Waals surface area contributed by atoms with Gasteiger partial charge in [0.2, 0.25) is 0 Å². The molecule has 8 aromatic rings. The second-order valence-electron chi connectivity index (χ2n) is 19.0. The first-order chi connectivity index (χ1) is 33.4. The average molecular weight is 892 g/mol. The van der Waals surface area contributed by atoms with Gasteiger partial charge in [-0.15, -0.1) is 0 Å². The molecule has 0 bridgehead atoms. The molecule has 3 unspecified atom stereocenters. The van der Waals surface area contributed by atoms with E-state index in [0.29, 0.717) is 23.4 Å². The molecule has 0 radical (unpaired) electrons. The van der Waals surface area contributed by atoms with Crippen LogP contribution in [0, 0.1) is 18.8 Å². The van der Waals surface area contributed by atoms with Crippen molar-refractivity contribution in [1.82, 2.24) is 4.57 Å². The maximum absolute atomic E-state index is 5.29. The smallest absolute Gasteiger partial charge is 0.160 e. The molecule has 2 heterocycles. The predicted molar refractivity (Wildman–Crippen MR) is 287 cm³/mol. The number of aromatic nitrogens is 1. The number of fused-ring (bicyclic) bond motifs is 12. The highest BCUT2D eigenvalue weighted by Gasteiger charge is 2.51. The monoisotopic (exact) mass is 891 g/mol. The summed E-state index contributed by atoms with van der Waals surface area (Å²) in [6, 6.07) is 57.7. The lowest BCUT2D eigenvalue weighted by atomic mass is 9.65. The van der Waals surface area contributed by atoms with Crippen LogP contribution in [0.2, 0.25) is 0 Å². The number of aryl methyl sites for hydroxylation is 1. The van der Waals surface area contributed by atoms with E-state index in [-0.39, 0.29) is 5.41 Å². The lowest BCUT2D eigenvalue weighted by Crippen LogP contribution is -2.33. The molecule has 68 heavy (non-hydrogen) atoms. The Hall–Kier alpha value is -7.53. The summed E-state index contributed by atoms with van der Waals surface area (Å²) in [6.07, 6.45) is 15.9. The van der Waals surface area contributed by atoms with Crippen molar-refractivity contribution in [2.45, 2.75) is 48.8 Å². The third-order valence-electron chi connectivity index (χ3n) is 15.1. The fourth-order valence-electron chi connectivity index (χ4n) is 11.8. The van der Waals surface area contributed by atoms with E-state index in [1.54, 1.807) is 0 Å². The summed E-state index contributed by atoms with van der Waals surface area (Å²) in [4.78, 5) is 13.2. The van der Waals surface area contributed by atoms with Crippen LogP contribution < -0.4 is 0 Å². The second-order valence-corrected chi connectivity index (χ2v) is 20.0. The predicted octanol–water partition coefficient (Wildman–Crippen LogP) is 16.2.